The number of aliphatic hydroxyl groups is 2. The number of aromatic hydroxyl groups is 2. The van der Waals surface area contributed by atoms with Gasteiger partial charge < -0.3 is 39.5 Å². The molecule has 3 aliphatic rings. The lowest BCUT2D eigenvalue weighted by Crippen LogP contribution is -2.39. The van der Waals surface area contributed by atoms with Gasteiger partial charge in [-0.25, -0.2) is 4.79 Å². The van der Waals surface area contributed by atoms with Crippen LogP contribution < -0.4 is 4.74 Å². The van der Waals surface area contributed by atoms with E-state index in [1.54, 1.807) is 24.3 Å². The molecule has 0 fully saturated rings. The molecule has 12 heteroatoms. The summed E-state index contributed by atoms with van der Waals surface area (Å²) in [5, 5.41) is 40.7. The molecule has 0 aromatic heterocycles. The summed E-state index contributed by atoms with van der Waals surface area (Å²) in [6, 6.07) is 9.58. The van der Waals surface area contributed by atoms with Crippen molar-refractivity contribution in [3.8, 4) is 17.2 Å². The SMILES string of the molecule is CN(C)CCOC(=O)COc1ccc(Cl)cc1.Cl.O=C1C=CC2=C3c4cc(O)c(O)cc4CC3(O)COC2=C1O. The van der Waals surface area contributed by atoms with E-state index in [-0.39, 0.29) is 55.3 Å². The van der Waals surface area contributed by atoms with E-state index in [0.717, 1.165) is 0 Å². The van der Waals surface area contributed by atoms with Crippen LogP contribution in [0.2, 0.25) is 5.02 Å². The number of halogens is 2. The molecule has 0 amide bonds. The molecule has 2 aromatic rings. The maximum atomic E-state index is 11.5. The van der Waals surface area contributed by atoms with Gasteiger partial charge in [-0.2, -0.15) is 0 Å². The fourth-order valence-corrected chi connectivity index (χ4v) is 4.44. The number of ketones is 1. The first-order chi connectivity index (χ1) is 18.5. The summed E-state index contributed by atoms with van der Waals surface area (Å²) < 4.78 is 15.6. The van der Waals surface area contributed by atoms with Crippen LogP contribution in [0.25, 0.3) is 5.57 Å². The van der Waals surface area contributed by atoms with Crippen LogP contribution in [0.1, 0.15) is 11.1 Å². The molecular weight excluding hydrogens is 565 g/mol. The fraction of sp³-hybridized carbons (Fsp3) is 0.286. The van der Waals surface area contributed by atoms with Gasteiger partial charge in [0, 0.05) is 29.1 Å². The Hall–Kier alpha value is -3.70. The lowest BCUT2D eigenvalue weighted by atomic mass is 9.85. The van der Waals surface area contributed by atoms with Crippen molar-refractivity contribution in [2.24, 2.45) is 0 Å². The van der Waals surface area contributed by atoms with Crippen molar-refractivity contribution in [1.29, 1.82) is 0 Å². The molecule has 1 aliphatic heterocycles. The number of ether oxygens (including phenoxy) is 3. The Morgan fingerprint density at radius 3 is 2.45 bits per heavy atom. The number of fused-ring (bicyclic) bond motifs is 4. The molecule has 0 radical (unpaired) electrons. The van der Waals surface area contributed by atoms with Crippen LogP contribution in [0.5, 0.6) is 17.2 Å². The van der Waals surface area contributed by atoms with Crippen molar-refractivity contribution >= 4 is 41.3 Å². The monoisotopic (exact) mass is 593 g/mol. The van der Waals surface area contributed by atoms with Gasteiger partial charge in [0.2, 0.25) is 11.5 Å². The molecular formula is C28H29Cl2NO9. The van der Waals surface area contributed by atoms with E-state index >= 15 is 0 Å². The number of carbonyl (C=O) groups excluding carboxylic acids is 2. The third-order valence-electron chi connectivity index (χ3n) is 6.21. The highest BCUT2D eigenvalue weighted by molar-refractivity contribution is 6.30. The average molecular weight is 594 g/mol. The number of likely N-dealkylation sites (N-methyl/N-ethyl adjacent to an activating group) is 1. The summed E-state index contributed by atoms with van der Waals surface area (Å²) in [7, 11) is 3.83. The minimum atomic E-state index is -1.33. The second-order valence-corrected chi connectivity index (χ2v) is 9.86. The first kappa shape index (κ1) is 30.8. The Morgan fingerprint density at radius 1 is 1.10 bits per heavy atom. The zero-order valence-corrected chi connectivity index (χ0v) is 23.3. The standard InChI is InChI=1S/C16H12O6.C12H16ClNO3.ClH/c17-10-2-1-8-13-9-4-12(19)11(18)3-7(9)5-16(13,21)6-22-15(8)14(10)20;1-14(2)7-8-16-12(15)9-17-11-5-3-10(13)4-6-11;/h1-4,18-21H,5-6H2;3-6H,7-9H2,1-2H3;1H. The molecule has 214 valence electrons. The molecule has 0 bridgehead atoms. The first-order valence-corrected chi connectivity index (χ1v) is 12.4. The van der Waals surface area contributed by atoms with Crippen LogP contribution in [-0.2, 0) is 25.5 Å². The van der Waals surface area contributed by atoms with E-state index in [2.05, 4.69) is 0 Å². The summed E-state index contributed by atoms with van der Waals surface area (Å²) in [5.41, 5.74) is 0.797. The lowest BCUT2D eigenvalue weighted by molar-refractivity contribution is -0.146. The van der Waals surface area contributed by atoms with Crippen molar-refractivity contribution in [2.75, 3.05) is 40.5 Å². The number of carbonyl (C=O) groups is 2. The number of esters is 1. The van der Waals surface area contributed by atoms with Crippen LogP contribution >= 0.6 is 24.0 Å². The number of allylic oxidation sites excluding steroid dienone is 2. The normalized spacial score (nSPS) is 18.6. The van der Waals surface area contributed by atoms with Gasteiger partial charge in [0.25, 0.3) is 0 Å². The van der Waals surface area contributed by atoms with Gasteiger partial charge in [-0.3, -0.25) is 4.79 Å². The maximum Gasteiger partial charge on any atom is 0.344 e. The fourth-order valence-electron chi connectivity index (χ4n) is 4.32. The number of rotatable bonds is 6. The molecule has 1 unspecified atom stereocenters. The van der Waals surface area contributed by atoms with Crippen LogP contribution in [0.3, 0.4) is 0 Å². The molecule has 4 N–H and O–H groups in total. The van der Waals surface area contributed by atoms with E-state index < -0.39 is 17.1 Å². The number of aliphatic hydroxyl groups excluding tert-OH is 1. The minimum Gasteiger partial charge on any atom is -0.504 e. The van der Waals surface area contributed by atoms with Crippen molar-refractivity contribution in [1.82, 2.24) is 4.90 Å². The number of phenolic OH excluding ortho intramolecular Hbond substituents is 2. The third-order valence-corrected chi connectivity index (χ3v) is 6.46. The maximum absolute atomic E-state index is 11.5. The van der Waals surface area contributed by atoms with Gasteiger partial charge in [-0.15, -0.1) is 12.4 Å². The van der Waals surface area contributed by atoms with E-state index in [1.165, 1.54) is 24.3 Å². The predicted molar refractivity (Wildman–Crippen MR) is 149 cm³/mol. The predicted octanol–water partition coefficient (Wildman–Crippen LogP) is 3.32. The Kier molecular flexibility index (Phi) is 9.75. The quantitative estimate of drug-likeness (QED) is 0.290. The highest BCUT2D eigenvalue weighted by Crippen LogP contribution is 2.50. The molecule has 2 aromatic carbocycles. The number of nitrogens with zero attached hydrogens (tertiary/aromatic N) is 1. The summed E-state index contributed by atoms with van der Waals surface area (Å²) in [6.45, 7) is 0.861. The number of hydrogen-bond acceptors (Lipinski definition) is 10. The van der Waals surface area contributed by atoms with Crippen molar-refractivity contribution in [3.05, 3.63) is 81.8 Å². The second kappa shape index (κ2) is 12.6. The largest absolute Gasteiger partial charge is 0.504 e. The zero-order chi connectivity index (χ0) is 28.3. The van der Waals surface area contributed by atoms with E-state index in [4.69, 9.17) is 25.8 Å². The van der Waals surface area contributed by atoms with E-state index in [0.29, 0.717) is 46.2 Å². The van der Waals surface area contributed by atoms with Gasteiger partial charge in [-0.05, 0) is 73.8 Å². The Bertz CT molecular complexity index is 1380. The van der Waals surface area contributed by atoms with Crippen LogP contribution in [-0.4, -0.2) is 83.1 Å². The molecule has 0 saturated carbocycles. The number of phenols is 2. The smallest absolute Gasteiger partial charge is 0.344 e. The molecule has 1 atom stereocenters. The highest BCUT2D eigenvalue weighted by Gasteiger charge is 2.47. The summed E-state index contributed by atoms with van der Waals surface area (Å²) in [5.74, 6) is -1.36. The van der Waals surface area contributed by atoms with Crippen molar-refractivity contribution in [2.45, 2.75) is 12.0 Å². The summed E-state index contributed by atoms with van der Waals surface area (Å²) >= 11 is 5.72. The third kappa shape index (κ3) is 6.71. The molecule has 10 nitrogen and oxygen atoms in total. The molecule has 0 saturated heterocycles. The Labute approximate surface area is 241 Å². The van der Waals surface area contributed by atoms with Crippen LogP contribution in [0, 0.1) is 0 Å². The average Bonchev–Trinajstić information content (AvgIpc) is 3.17. The molecule has 2 aliphatic carbocycles. The molecule has 5 rings (SSSR count). The highest BCUT2D eigenvalue weighted by atomic mass is 35.5. The van der Waals surface area contributed by atoms with Gasteiger partial charge in [0.15, 0.2) is 23.9 Å². The minimum absolute atomic E-state index is 0. The first-order valence-electron chi connectivity index (χ1n) is 12.0. The number of benzene rings is 2. The van der Waals surface area contributed by atoms with Crippen molar-refractivity contribution < 1.29 is 44.2 Å². The van der Waals surface area contributed by atoms with Gasteiger partial charge >= 0.3 is 5.97 Å². The molecule has 0 spiro atoms. The van der Waals surface area contributed by atoms with Crippen molar-refractivity contribution in [3.63, 3.8) is 0 Å². The lowest BCUT2D eigenvalue weighted by Gasteiger charge is -2.33. The number of hydrogen-bond donors (Lipinski definition) is 4. The summed E-state index contributed by atoms with van der Waals surface area (Å²) in [4.78, 5) is 24.7. The van der Waals surface area contributed by atoms with Crippen LogP contribution in [0.15, 0.2) is 65.6 Å². The topological polar surface area (TPSA) is 146 Å². The summed E-state index contributed by atoms with van der Waals surface area (Å²) in [6.07, 6.45) is 2.90. The van der Waals surface area contributed by atoms with Gasteiger partial charge in [0.05, 0.1) is 0 Å². The molecule has 40 heavy (non-hydrogen) atoms. The van der Waals surface area contributed by atoms with Crippen LogP contribution in [0.4, 0.5) is 0 Å². The van der Waals surface area contributed by atoms with E-state index in [1.807, 2.05) is 19.0 Å². The Morgan fingerprint density at radius 2 is 1.77 bits per heavy atom. The molecule has 1 heterocycles. The van der Waals surface area contributed by atoms with E-state index in [9.17, 15) is 30.0 Å². The van der Waals surface area contributed by atoms with Gasteiger partial charge in [-0.1, -0.05) is 11.6 Å². The Balaban J connectivity index is 0.000000223. The second-order valence-electron chi connectivity index (χ2n) is 9.43. The zero-order valence-electron chi connectivity index (χ0n) is 21.7. The van der Waals surface area contributed by atoms with Gasteiger partial charge in [0.1, 0.15) is 24.6 Å².